The highest BCUT2D eigenvalue weighted by Crippen LogP contribution is 2.40. The van der Waals surface area contributed by atoms with Crippen molar-refractivity contribution in [2.45, 2.75) is 19.8 Å². The maximum atomic E-state index is 12.6. The van der Waals surface area contributed by atoms with Crippen LogP contribution in [0.15, 0.2) is 12.4 Å². The van der Waals surface area contributed by atoms with Crippen molar-refractivity contribution in [1.29, 1.82) is 0 Å². The number of aromatic nitrogens is 2. The van der Waals surface area contributed by atoms with Gasteiger partial charge in [0.05, 0.1) is 12.4 Å². The molecule has 0 aliphatic heterocycles. The molecule has 0 saturated heterocycles. The summed E-state index contributed by atoms with van der Waals surface area (Å²) in [6.45, 7) is 3.09. The van der Waals surface area contributed by atoms with Gasteiger partial charge in [-0.25, -0.2) is 0 Å². The third-order valence-electron chi connectivity index (χ3n) is 2.74. The monoisotopic (exact) mass is 195 g/mol. The Labute approximate surface area is 82.8 Å². The van der Waals surface area contributed by atoms with Gasteiger partial charge in [0, 0.05) is 6.54 Å². The van der Waals surface area contributed by atoms with E-state index in [-0.39, 0.29) is 0 Å². The van der Waals surface area contributed by atoms with Crippen LogP contribution in [-0.2, 0) is 0 Å². The van der Waals surface area contributed by atoms with Crippen LogP contribution >= 0.6 is 0 Å². The summed E-state index contributed by atoms with van der Waals surface area (Å²) in [5.41, 5.74) is 0. The third kappa shape index (κ3) is 2.19. The molecule has 2 unspecified atom stereocenters. The van der Waals surface area contributed by atoms with Gasteiger partial charge < -0.3 is 5.32 Å². The van der Waals surface area contributed by atoms with Gasteiger partial charge >= 0.3 is 0 Å². The van der Waals surface area contributed by atoms with Crippen molar-refractivity contribution in [3.63, 3.8) is 0 Å². The lowest BCUT2D eigenvalue weighted by atomic mass is 10.2. The summed E-state index contributed by atoms with van der Waals surface area (Å²) < 4.78 is 12.6. The molecule has 1 N–H and O–H groups in total. The summed E-state index contributed by atoms with van der Waals surface area (Å²) in [7, 11) is 0. The van der Waals surface area contributed by atoms with Gasteiger partial charge in [0.25, 0.3) is 0 Å². The molecule has 0 aromatic carbocycles. The Balaban J connectivity index is 1.81. The van der Waals surface area contributed by atoms with Gasteiger partial charge in [-0.3, -0.25) is 4.98 Å². The predicted octanol–water partition coefficient (Wildman–Crippen LogP) is 2.07. The number of hydrogen-bond donors (Lipinski definition) is 1. The lowest BCUT2D eigenvalue weighted by Gasteiger charge is -2.03. The summed E-state index contributed by atoms with van der Waals surface area (Å²) in [6, 6.07) is 0. The van der Waals surface area contributed by atoms with E-state index in [0.717, 1.165) is 24.6 Å². The smallest absolute Gasteiger partial charge is 0.233 e. The summed E-state index contributed by atoms with van der Waals surface area (Å²) in [5.74, 6) is 1.60. The molecule has 0 radical (unpaired) electrons. The minimum Gasteiger partial charge on any atom is -0.368 e. The van der Waals surface area contributed by atoms with Crippen LogP contribution in [0.4, 0.5) is 10.2 Å². The van der Waals surface area contributed by atoms with Crippen molar-refractivity contribution >= 4 is 5.82 Å². The summed E-state index contributed by atoms with van der Waals surface area (Å²) >= 11 is 0. The highest BCUT2D eigenvalue weighted by molar-refractivity contribution is 5.30. The topological polar surface area (TPSA) is 37.8 Å². The van der Waals surface area contributed by atoms with Crippen molar-refractivity contribution in [1.82, 2.24) is 9.97 Å². The first-order valence-electron chi connectivity index (χ1n) is 5.01. The first kappa shape index (κ1) is 9.37. The van der Waals surface area contributed by atoms with E-state index in [0.29, 0.717) is 5.82 Å². The van der Waals surface area contributed by atoms with Crippen molar-refractivity contribution in [2.24, 2.45) is 11.8 Å². The SMILES string of the molecule is CCC1CC1CNc1cncc(F)n1. The van der Waals surface area contributed by atoms with Gasteiger partial charge in [-0.2, -0.15) is 9.37 Å². The molecule has 2 atom stereocenters. The van der Waals surface area contributed by atoms with Crippen LogP contribution in [0.3, 0.4) is 0 Å². The van der Waals surface area contributed by atoms with Gasteiger partial charge in [-0.15, -0.1) is 0 Å². The molecule has 14 heavy (non-hydrogen) atoms. The highest BCUT2D eigenvalue weighted by atomic mass is 19.1. The quantitative estimate of drug-likeness (QED) is 0.799. The van der Waals surface area contributed by atoms with Crippen LogP contribution in [0.25, 0.3) is 0 Å². The van der Waals surface area contributed by atoms with Gasteiger partial charge in [0.2, 0.25) is 5.95 Å². The second-order valence-corrected chi connectivity index (χ2v) is 3.77. The maximum absolute atomic E-state index is 12.6. The fourth-order valence-electron chi connectivity index (χ4n) is 1.72. The number of anilines is 1. The van der Waals surface area contributed by atoms with E-state index < -0.39 is 5.95 Å². The maximum Gasteiger partial charge on any atom is 0.233 e. The molecule has 76 valence electrons. The van der Waals surface area contributed by atoms with Crippen LogP contribution in [0.5, 0.6) is 0 Å². The molecule has 0 amide bonds. The first-order chi connectivity index (χ1) is 6.79. The van der Waals surface area contributed by atoms with Crippen LogP contribution in [-0.4, -0.2) is 16.5 Å². The zero-order valence-electron chi connectivity index (χ0n) is 8.20. The second kappa shape index (κ2) is 3.90. The Hall–Kier alpha value is -1.19. The lowest BCUT2D eigenvalue weighted by molar-refractivity contribution is 0.577. The third-order valence-corrected chi connectivity index (χ3v) is 2.74. The van der Waals surface area contributed by atoms with Crippen LogP contribution in [0.1, 0.15) is 19.8 Å². The molecule has 3 nitrogen and oxygen atoms in total. The molecular formula is C10H14FN3. The number of nitrogens with zero attached hydrogens (tertiary/aromatic N) is 2. The molecule has 4 heteroatoms. The molecule has 2 rings (SSSR count). The van der Waals surface area contributed by atoms with E-state index in [1.807, 2.05) is 0 Å². The normalized spacial score (nSPS) is 24.7. The molecule has 1 aliphatic carbocycles. The molecule has 0 bridgehead atoms. The number of halogens is 1. The Morgan fingerprint density at radius 3 is 3.00 bits per heavy atom. The highest BCUT2D eigenvalue weighted by Gasteiger charge is 2.34. The van der Waals surface area contributed by atoms with Gasteiger partial charge in [0.1, 0.15) is 5.82 Å². The summed E-state index contributed by atoms with van der Waals surface area (Å²) in [5, 5.41) is 3.10. The Morgan fingerprint density at radius 2 is 2.36 bits per heavy atom. The average molecular weight is 195 g/mol. The zero-order chi connectivity index (χ0) is 9.97. The molecule has 1 heterocycles. The number of rotatable bonds is 4. The predicted molar refractivity (Wildman–Crippen MR) is 52.4 cm³/mol. The second-order valence-electron chi connectivity index (χ2n) is 3.77. The zero-order valence-corrected chi connectivity index (χ0v) is 8.20. The van der Waals surface area contributed by atoms with E-state index in [9.17, 15) is 4.39 Å². The Bertz CT molecular complexity index is 316. The summed E-state index contributed by atoms with van der Waals surface area (Å²) in [6.07, 6.45) is 5.18. The molecular weight excluding hydrogens is 181 g/mol. The largest absolute Gasteiger partial charge is 0.368 e. The molecule has 1 aromatic rings. The Kier molecular flexibility index (Phi) is 2.61. The van der Waals surface area contributed by atoms with E-state index >= 15 is 0 Å². The number of hydrogen-bond acceptors (Lipinski definition) is 3. The van der Waals surface area contributed by atoms with Crippen molar-refractivity contribution in [3.05, 3.63) is 18.3 Å². The van der Waals surface area contributed by atoms with Gasteiger partial charge in [-0.1, -0.05) is 13.3 Å². The Morgan fingerprint density at radius 1 is 1.50 bits per heavy atom. The van der Waals surface area contributed by atoms with E-state index in [1.165, 1.54) is 12.8 Å². The lowest BCUT2D eigenvalue weighted by Crippen LogP contribution is -2.07. The minimum atomic E-state index is -0.530. The number of nitrogens with one attached hydrogen (secondary N) is 1. The molecule has 1 fully saturated rings. The fourth-order valence-corrected chi connectivity index (χ4v) is 1.72. The van der Waals surface area contributed by atoms with Crippen molar-refractivity contribution in [3.8, 4) is 0 Å². The van der Waals surface area contributed by atoms with E-state index in [1.54, 1.807) is 6.20 Å². The first-order valence-corrected chi connectivity index (χ1v) is 5.01. The van der Waals surface area contributed by atoms with Crippen LogP contribution < -0.4 is 5.32 Å². The van der Waals surface area contributed by atoms with Crippen LogP contribution in [0, 0.1) is 17.8 Å². The van der Waals surface area contributed by atoms with Gasteiger partial charge in [0.15, 0.2) is 0 Å². The van der Waals surface area contributed by atoms with Crippen molar-refractivity contribution < 1.29 is 4.39 Å². The van der Waals surface area contributed by atoms with Crippen molar-refractivity contribution in [2.75, 3.05) is 11.9 Å². The fraction of sp³-hybridized carbons (Fsp3) is 0.600. The summed E-state index contributed by atoms with van der Waals surface area (Å²) in [4.78, 5) is 7.41. The minimum absolute atomic E-state index is 0.530. The van der Waals surface area contributed by atoms with Gasteiger partial charge in [-0.05, 0) is 18.3 Å². The van der Waals surface area contributed by atoms with E-state index in [2.05, 4.69) is 22.2 Å². The molecule has 1 aromatic heterocycles. The average Bonchev–Trinajstić information content (AvgIpc) is 2.93. The standard InChI is InChI=1S/C10H14FN3/c1-2-7-3-8(7)4-13-10-6-12-5-9(11)14-10/h5-8H,2-4H2,1H3,(H,13,14). The van der Waals surface area contributed by atoms with Crippen LogP contribution in [0.2, 0.25) is 0 Å². The van der Waals surface area contributed by atoms with E-state index in [4.69, 9.17) is 0 Å². The molecule has 1 aliphatic rings. The molecule has 1 saturated carbocycles. The molecule has 0 spiro atoms.